The van der Waals surface area contributed by atoms with Crippen LogP contribution < -0.4 is 15.4 Å². The van der Waals surface area contributed by atoms with Crippen LogP contribution in [0.2, 0.25) is 5.02 Å². The van der Waals surface area contributed by atoms with E-state index in [1.165, 1.54) is 0 Å². The zero-order chi connectivity index (χ0) is 20.2. The summed E-state index contributed by atoms with van der Waals surface area (Å²) in [4.78, 5) is 24.0. The van der Waals surface area contributed by atoms with E-state index in [9.17, 15) is 9.59 Å². The summed E-state index contributed by atoms with van der Waals surface area (Å²) in [5.74, 6) is 0.987. The molecule has 1 unspecified atom stereocenters. The van der Waals surface area contributed by atoms with E-state index in [1.54, 1.807) is 36.4 Å². The van der Waals surface area contributed by atoms with Gasteiger partial charge < -0.3 is 15.4 Å². The number of hydrogen-bond donors (Lipinski definition) is 2. The molecule has 29 heavy (non-hydrogen) atoms. The molecule has 0 radical (unpaired) electrons. The third-order valence-corrected chi connectivity index (χ3v) is 5.04. The molecule has 0 spiro atoms. The van der Waals surface area contributed by atoms with Gasteiger partial charge in [0.15, 0.2) is 0 Å². The zero-order valence-corrected chi connectivity index (χ0v) is 16.3. The molecule has 0 aliphatic carbocycles. The molecule has 1 atom stereocenters. The highest BCUT2D eigenvalue weighted by molar-refractivity contribution is 6.32. The molecule has 2 N–H and O–H groups in total. The van der Waals surface area contributed by atoms with E-state index < -0.39 is 0 Å². The van der Waals surface area contributed by atoms with Gasteiger partial charge in [-0.15, -0.1) is 0 Å². The standard InChI is InChI=1S/C23H19ClN2O3/c24-19-6-1-2-7-21(19)29-18-10-8-15(9-11-18)23(28)25-17-5-3-4-16(14-17)20-12-13-22(27)26-20/h1-11,14,20H,12-13H2,(H,25,28)(H,26,27). The number of anilines is 1. The van der Waals surface area contributed by atoms with Crippen molar-refractivity contribution in [3.05, 3.63) is 88.9 Å². The highest BCUT2D eigenvalue weighted by atomic mass is 35.5. The smallest absolute Gasteiger partial charge is 0.255 e. The van der Waals surface area contributed by atoms with E-state index in [0.29, 0.717) is 34.2 Å². The summed E-state index contributed by atoms with van der Waals surface area (Å²) in [5, 5.41) is 6.36. The lowest BCUT2D eigenvalue weighted by molar-refractivity contribution is -0.119. The Bertz CT molecular complexity index is 1050. The molecule has 1 saturated heterocycles. The van der Waals surface area contributed by atoms with Crippen LogP contribution in [0.25, 0.3) is 0 Å². The Hall–Kier alpha value is -3.31. The monoisotopic (exact) mass is 406 g/mol. The summed E-state index contributed by atoms with van der Waals surface area (Å²) in [5.41, 5.74) is 2.18. The summed E-state index contributed by atoms with van der Waals surface area (Å²) in [7, 11) is 0. The highest BCUT2D eigenvalue weighted by Crippen LogP contribution is 2.29. The summed E-state index contributed by atoms with van der Waals surface area (Å²) in [6.07, 6.45) is 1.30. The van der Waals surface area contributed by atoms with Gasteiger partial charge in [0.1, 0.15) is 11.5 Å². The first-order valence-corrected chi connectivity index (χ1v) is 9.69. The van der Waals surface area contributed by atoms with Crippen molar-refractivity contribution < 1.29 is 14.3 Å². The van der Waals surface area contributed by atoms with Crippen LogP contribution in [0.4, 0.5) is 5.69 Å². The van der Waals surface area contributed by atoms with Crippen LogP contribution in [-0.4, -0.2) is 11.8 Å². The molecule has 4 rings (SSSR count). The lowest BCUT2D eigenvalue weighted by Crippen LogP contribution is -2.18. The van der Waals surface area contributed by atoms with Gasteiger partial charge in [-0.05, 0) is 60.5 Å². The molecule has 1 aliphatic heterocycles. The Morgan fingerprint density at radius 3 is 2.55 bits per heavy atom. The number of halogens is 1. The van der Waals surface area contributed by atoms with Crippen molar-refractivity contribution in [1.29, 1.82) is 0 Å². The Kier molecular flexibility index (Phi) is 5.49. The quantitative estimate of drug-likeness (QED) is 0.601. The van der Waals surface area contributed by atoms with E-state index in [4.69, 9.17) is 16.3 Å². The van der Waals surface area contributed by atoms with Crippen molar-refractivity contribution in [3.8, 4) is 11.5 Å². The first-order valence-electron chi connectivity index (χ1n) is 9.31. The molecule has 3 aromatic rings. The number of ether oxygens (including phenoxy) is 1. The van der Waals surface area contributed by atoms with Gasteiger partial charge in [-0.3, -0.25) is 9.59 Å². The van der Waals surface area contributed by atoms with E-state index in [2.05, 4.69) is 10.6 Å². The molecular weight excluding hydrogens is 388 g/mol. The molecule has 146 valence electrons. The van der Waals surface area contributed by atoms with Gasteiger partial charge in [0.05, 0.1) is 11.1 Å². The van der Waals surface area contributed by atoms with Gasteiger partial charge in [0, 0.05) is 17.7 Å². The molecule has 1 heterocycles. The number of carbonyl (C=O) groups is 2. The van der Waals surface area contributed by atoms with Crippen molar-refractivity contribution in [2.45, 2.75) is 18.9 Å². The van der Waals surface area contributed by atoms with Crippen molar-refractivity contribution in [2.24, 2.45) is 0 Å². The first-order chi connectivity index (χ1) is 14.1. The maximum Gasteiger partial charge on any atom is 0.255 e. The lowest BCUT2D eigenvalue weighted by atomic mass is 10.0. The molecule has 1 fully saturated rings. The number of nitrogens with one attached hydrogen (secondary N) is 2. The normalized spacial score (nSPS) is 15.6. The van der Waals surface area contributed by atoms with Crippen LogP contribution in [0.5, 0.6) is 11.5 Å². The topological polar surface area (TPSA) is 67.4 Å². The lowest BCUT2D eigenvalue weighted by Gasteiger charge is -2.13. The molecule has 0 bridgehead atoms. The van der Waals surface area contributed by atoms with Crippen LogP contribution in [0, 0.1) is 0 Å². The summed E-state index contributed by atoms with van der Waals surface area (Å²) in [6, 6.07) is 21.6. The van der Waals surface area contributed by atoms with Crippen molar-refractivity contribution in [3.63, 3.8) is 0 Å². The molecule has 0 aromatic heterocycles. The van der Waals surface area contributed by atoms with Crippen LogP contribution >= 0.6 is 11.6 Å². The highest BCUT2D eigenvalue weighted by Gasteiger charge is 2.22. The van der Waals surface area contributed by atoms with Crippen LogP contribution in [-0.2, 0) is 4.79 Å². The molecular formula is C23H19ClN2O3. The Morgan fingerprint density at radius 1 is 1.03 bits per heavy atom. The van der Waals surface area contributed by atoms with Crippen LogP contribution in [0.3, 0.4) is 0 Å². The fourth-order valence-electron chi connectivity index (χ4n) is 3.23. The predicted octanol–water partition coefficient (Wildman–Crippen LogP) is 5.34. The Labute approximate surface area is 173 Å². The second kappa shape index (κ2) is 8.37. The minimum atomic E-state index is -0.220. The summed E-state index contributed by atoms with van der Waals surface area (Å²) >= 11 is 6.10. The van der Waals surface area contributed by atoms with Gasteiger partial charge in [-0.2, -0.15) is 0 Å². The second-order valence-corrected chi connectivity index (χ2v) is 7.20. The number of rotatable bonds is 5. The van der Waals surface area contributed by atoms with Gasteiger partial charge >= 0.3 is 0 Å². The third kappa shape index (κ3) is 4.58. The van der Waals surface area contributed by atoms with E-state index in [0.717, 1.165) is 12.0 Å². The fraction of sp³-hybridized carbons (Fsp3) is 0.130. The second-order valence-electron chi connectivity index (χ2n) is 6.80. The molecule has 5 nitrogen and oxygen atoms in total. The molecule has 1 aliphatic rings. The predicted molar refractivity (Wildman–Crippen MR) is 112 cm³/mol. The maximum absolute atomic E-state index is 12.6. The minimum Gasteiger partial charge on any atom is -0.456 e. The van der Waals surface area contributed by atoms with Gasteiger partial charge in [-0.1, -0.05) is 35.9 Å². The zero-order valence-electron chi connectivity index (χ0n) is 15.5. The Morgan fingerprint density at radius 2 is 1.83 bits per heavy atom. The van der Waals surface area contributed by atoms with E-state index in [-0.39, 0.29) is 17.9 Å². The number of hydrogen-bond acceptors (Lipinski definition) is 3. The SMILES string of the molecule is O=C1CCC(c2cccc(NC(=O)c3ccc(Oc4ccccc4Cl)cc3)c2)N1. The largest absolute Gasteiger partial charge is 0.456 e. The van der Waals surface area contributed by atoms with Crippen molar-refractivity contribution in [2.75, 3.05) is 5.32 Å². The van der Waals surface area contributed by atoms with Crippen LogP contribution in [0.15, 0.2) is 72.8 Å². The average molecular weight is 407 g/mol. The number of carbonyl (C=O) groups excluding carboxylic acids is 2. The Balaban J connectivity index is 1.42. The third-order valence-electron chi connectivity index (χ3n) is 4.72. The molecule has 6 heteroatoms. The number of benzene rings is 3. The van der Waals surface area contributed by atoms with E-state index >= 15 is 0 Å². The average Bonchev–Trinajstić information content (AvgIpc) is 3.17. The summed E-state index contributed by atoms with van der Waals surface area (Å²) < 4.78 is 5.75. The van der Waals surface area contributed by atoms with E-state index in [1.807, 2.05) is 36.4 Å². The fourth-order valence-corrected chi connectivity index (χ4v) is 3.40. The minimum absolute atomic E-state index is 0.000551. The first kappa shape index (κ1) is 19.0. The summed E-state index contributed by atoms with van der Waals surface area (Å²) in [6.45, 7) is 0. The van der Waals surface area contributed by atoms with Gasteiger partial charge in [0.2, 0.25) is 5.91 Å². The number of para-hydroxylation sites is 1. The van der Waals surface area contributed by atoms with Crippen molar-refractivity contribution >= 4 is 29.1 Å². The van der Waals surface area contributed by atoms with Gasteiger partial charge in [0.25, 0.3) is 5.91 Å². The molecule has 3 aromatic carbocycles. The molecule has 2 amide bonds. The maximum atomic E-state index is 12.6. The molecule has 0 saturated carbocycles. The van der Waals surface area contributed by atoms with Crippen molar-refractivity contribution in [1.82, 2.24) is 5.32 Å². The van der Waals surface area contributed by atoms with Gasteiger partial charge in [-0.25, -0.2) is 0 Å². The number of amides is 2. The van der Waals surface area contributed by atoms with Crippen LogP contribution in [0.1, 0.15) is 34.8 Å².